The van der Waals surface area contributed by atoms with Gasteiger partial charge >= 0.3 is 6.09 Å². The largest absolute Gasteiger partial charge is 0.494 e. The summed E-state index contributed by atoms with van der Waals surface area (Å²) in [5.41, 5.74) is 5.39. The third-order valence-corrected chi connectivity index (χ3v) is 7.64. The number of hydrogen-bond donors (Lipinski definition) is 1. The minimum absolute atomic E-state index is 0.0807. The second kappa shape index (κ2) is 6.85. The smallest absolute Gasteiger partial charge is 0.410 e. The van der Waals surface area contributed by atoms with Crippen molar-refractivity contribution in [3.05, 3.63) is 18.2 Å². The number of ether oxygens (including phenoxy) is 2. The molecule has 0 spiro atoms. The zero-order chi connectivity index (χ0) is 20.2. The Kier molecular flexibility index (Phi) is 4.40. The zero-order valence-corrected chi connectivity index (χ0v) is 16.8. The molecule has 4 aliphatic carbocycles. The lowest BCUT2D eigenvalue weighted by Gasteiger charge is -2.58. The standard InChI is InChI=1S/C21H28N4O4/c1-28-16-9-23-18(24-10-16)13-2-3-25(11-13)20(27)29-17-14-4-12-5-15(17)8-21(6-12,7-14)19(22)26/h9-10,12-15,17H,2-8,11H2,1H3,(H2,22,26)/t12?,13?,14?,15?,17-,21-. The molecule has 1 aromatic rings. The molecule has 1 aromatic heterocycles. The number of amides is 2. The van der Waals surface area contributed by atoms with Gasteiger partial charge in [0.05, 0.1) is 24.9 Å². The maximum Gasteiger partial charge on any atom is 0.410 e. The highest BCUT2D eigenvalue weighted by Gasteiger charge is 2.59. The molecule has 0 aromatic carbocycles. The number of methoxy groups -OCH3 is 1. The van der Waals surface area contributed by atoms with E-state index in [1.807, 2.05) is 0 Å². The van der Waals surface area contributed by atoms with E-state index in [2.05, 4.69) is 9.97 Å². The van der Waals surface area contributed by atoms with Crippen molar-refractivity contribution >= 4 is 12.0 Å². The van der Waals surface area contributed by atoms with E-state index in [1.54, 1.807) is 24.4 Å². The second-order valence-electron chi connectivity index (χ2n) is 9.38. The van der Waals surface area contributed by atoms with Gasteiger partial charge in [0.2, 0.25) is 5.91 Å². The van der Waals surface area contributed by atoms with Crippen LogP contribution in [0.15, 0.2) is 12.4 Å². The Hall–Kier alpha value is -2.38. The molecule has 5 aliphatic rings. The average molecular weight is 400 g/mol. The summed E-state index contributed by atoms with van der Waals surface area (Å²) in [7, 11) is 1.58. The van der Waals surface area contributed by atoms with Crippen LogP contribution in [0.1, 0.15) is 50.3 Å². The van der Waals surface area contributed by atoms with Gasteiger partial charge in [0.25, 0.3) is 0 Å². The Labute approximate surface area is 170 Å². The third-order valence-electron chi connectivity index (χ3n) is 7.64. The van der Waals surface area contributed by atoms with E-state index in [4.69, 9.17) is 15.2 Å². The molecule has 8 heteroatoms. The van der Waals surface area contributed by atoms with Crippen LogP contribution in [0.4, 0.5) is 4.79 Å². The molecule has 4 saturated carbocycles. The number of carbonyl (C=O) groups is 2. The topological polar surface area (TPSA) is 108 Å². The van der Waals surface area contributed by atoms with E-state index in [9.17, 15) is 9.59 Å². The van der Waals surface area contributed by atoms with Gasteiger partial charge in [-0.1, -0.05) is 0 Å². The van der Waals surface area contributed by atoms with Gasteiger partial charge in [-0.25, -0.2) is 14.8 Å². The van der Waals surface area contributed by atoms with Crippen molar-refractivity contribution < 1.29 is 19.1 Å². The monoisotopic (exact) mass is 400 g/mol. The van der Waals surface area contributed by atoms with E-state index < -0.39 is 0 Å². The second-order valence-corrected chi connectivity index (χ2v) is 9.38. The molecule has 2 N–H and O–H groups in total. The predicted molar refractivity (Wildman–Crippen MR) is 103 cm³/mol. The minimum atomic E-state index is -0.357. The van der Waals surface area contributed by atoms with Crippen molar-refractivity contribution in [3.63, 3.8) is 0 Å². The molecule has 6 rings (SSSR count). The van der Waals surface area contributed by atoms with Crippen molar-refractivity contribution in [2.45, 2.75) is 50.5 Å². The molecule has 0 radical (unpaired) electrons. The molecule has 1 saturated heterocycles. The Morgan fingerprint density at radius 2 is 1.86 bits per heavy atom. The van der Waals surface area contributed by atoms with Gasteiger partial charge in [0.15, 0.2) is 5.75 Å². The van der Waals surface area contributed by atoms with Crippen LogP contribution in [-0.4, -0.2) is 53.2 Å². The van der Waals surface area contributed by atoms with Gasteiger partial charge in [-0.2, -0.15) is 0 Å². The lowest BCUT2D eigenvalue weighted by atomic mass is 9.48. The van der Waals surface area contributed by atoms with Crippen LogP contribution in [0, 0.1) is 23.2 Å². The molecular weight excluding hydrogens is 372 g/mol. The summed E-state index contributed by atoms with van der Waals surface area (Å²) in [6, 6.07) is 0. The predicted octanol–water partition coefficient (Wildman–Crippen LogP) is 2.09. The van der Waals surface area contributed by atoms with E-state index >= 15 is 0 Å². The van der Waals surface area contributed by atoms with E-state index in [1.165, 1.54) is 0 Å². The summed E-state index contributed by atoms with van der Waals surface area (Å²) in [6.07, 6.45) is 8.38. The Bertz CT molecular complexity index is 797. The molecule has 3 atom stereocenters. The molecule has 4 bridgehead atoms. The SMILES string of the molecule is COc1cnc(C2CCN(C(=O)O[C@H]3C4CC5CC3C[C@](C(N)=O)(C5)C4)C2)nc1. The first kappa shape index (κ1) is 18.6. The quantitative estimate of drug-likeness (QED) is 0.829. The summed E-state index contributed by atoms with van der Waals surface area (Å²) in [5.74, 6) is 2.40. The maximum atomic E-state index is 12.9. The van der Waals surface area contributed by atoms with Crippen LogP contribution >= 0.6 is 0 Å². The molecular formula is C21H28N4O4. The molecule has 5 fully saturated rings. The van der Waals surface area contributed by atoms with Crippen molar-refractivity contribution in [2.75, 3.05) is 20.2 Å². The number of likely N-dealkylation sites (tertiary alicyclic amines) is 1. The molecule has 3 unspecified atom stereocenters. The van der Waals surface area contributed by atoms with Gasteiger partial charge in [0, 0.05) is 19.0 Å². The molecule has 29 heavy (non-hydrogen) atoms. The molecule has 2 heterocycles. The van der Waals surface area contributed by atoms with Crippen LogP contribution in [-0.2, 0) is 9.53 Å². The summed E-state index contributed by atoms with van der Waals surface area (Å²) < 4.78 is 11.1. The number of aromatic nitrogens is 2. The molecule has 1 aliphatic heterocycles. The summed E-state index contributed by atoms with van der Waals surface area (Å²) in [6.45, 7) is 1.22. The van der Waals surface area contributed by atoms with Gasteiger partial charge in [-0.05, 0) is 56.3 Å². The first-order chi connectivity index (χ1) is 14.0. The summed E-state index contributed by atoms with van der Waals surface area (Å²) in [5, 5.41) is 0. The number of carbonyl (C=O) groups excluding carboxylic acids is 2. The Morgan fingerprint density at radius 3 is 2.48 bits per heavy atom. The van der Waals surface area contributed by atoms with Crippen LogP contribution in [0.25, 0.3) is 0 Å². The maximum absolute atomic E-state index is 12.9. The van der Waals surface area contributed by atoms with E-state index in [-0.39, 0.29) is 41.3 Å². The van der Waals surface area contributed by atoms with Gasteiger partial charge < -0.3 is 20.1 Å². The van der Waals surface area contributed by atoms with Crippen LogP contribution in [0.3, 0.4) is 0 Å². The highest BCUT2D eigenvalue weighted by molar-refractivity contribution is 5.81. The molecule has 2 amide bonds. The fourth-order valence-corrected chi connectivity index (χ4v) is 6.44. The third kappa shape index (κ3) is 3.13. The van der Waals surface area contributed by atoms with Crippen LogP contribution in [0.5, 0.6) is 5.75 Å². The molecule has 8 nitrogen and oxygen atoms in total. The summed E-state index contributed by atoms with van der Waals surface area (Å²) in [4.78, 5) is 35.5. The highest BCUT2D eigenvalue weighted by Crippen LogP contribution is 2.60. The molecule has 156 valence electrons. The van der Waals surface area contributed by atoms with Crippen molar-refractivity contribution in [1.29, 1.82) is 0 Å². The summed E-state index contributed by atoms with van der Waals surface area (Å²) >= 11 is 0. The van der Waals surface area contributed by atoms with Gasteiger partial charge in [-0.15, -0.1) is 0 Å². The fourth-order valence-electron chi connectivity index (χ4n) is 6.44. The Balaban J connectivity index is 1.22. The van der Waals surface area contributed by atoms with Crippen molar-refractivity contribution in [2.24, 2.45) is 28.9 Å². The van der Waals surface area contributed by atoms with Crippen LogP contribution in [0.2, 0.25) is 0 Å². The lowest BCUT2D eigenvalue weighted by Crippen LogP contribution is -2.59. The van der Waals surface area contributed by atoms with Crippen molar-refractivity contribution in [3.8, 4) is 5.75 Å². The van der Waals surface area contributed by atoms with Gasteiger partial charge in [0.1, 0.15) is 11.9 Å². The highest BCUT2D eigenvalue weighted by atomic mass is 16.6. The first-order valence-electron chi connectivity index (χ1n) is 10.6. The number of nitrogens with two attached hydrogens (primary N) is 1. The van der Waals surface area contributed by atoms with Gasteiger partial charge in [-0.3, -0.25) is 4.79 Å². The number of rotatable bonds is 4. The first-order valence-corrected chi connectivity index (χ1v) is 10.6. The minimum Gasteiger partial charge on any atom is -0.494 e. The lowest BCUT2D eigenvalue weighted by molar-refractivity contribution is -0.161. The Morgan fingerprint density at radius 1 is 1.17 bits per heavy atom. The van der Waals surface area contributed by atoms with E-state index in [0.29, 0.717) is 24.8 Å². The van der Waals surface area contributed by atoms with E-state index in [0.717, 1.165) is 44.3 Å². The number of hydrogen-bond acceptors (Lipinski definition) is 6. The average Bonchev–Trinajstić information content (AvgIpc) is 3.20. The number of nitrogens with zero attached hydrogens (tertiary/aromatic N) is 3. The van der Waals surface area contributed by atoms with Crippen molar-refractivity contribution in [1.82, 2.24) is 14.9 Å². The normalized spacial score (nSPS) is 37.6. The fraction of sp³-hybridized carbons (Fsp3) is 0.714. The number of primary amides is 1. The zero-order valence-electron chi connectivity index (χ0n) is 16.8. The van der Waals surface area contributed by atoms with Crippen LogP contribution < -0.4 is 10.5 Å².